The number of hydrogen-bond acceptors (Lipinski definition) is 6. The van der Waals surface area contributed by atoms with Gasteiger partial charge in [0.05, 0.1) is 23.9 Å². The third-order valence-corrected chi connectivity index (χ3v) is 7.90. The van der Waals surface area contributed by atoms with Gasteiger partial charge in [-0.15, -0.1) is 0 Å². The zero-order chi connectivity index (χ0) is 28.5. The SMILES string of the molecule is COc1cccc(CCN2C(=O)c3cccc(N4CCN(C(=O)c5cccc(N6CCNC6=O)c5)CC4)c3C2=O)c1. The Morgan fingerprint density at radius 2 is 1.66 bits per heavy atom. The summed E-state index contributed by atoms with van der Waals surface area (Å²) in [6.07, 6.45) is 0.530. The maximum Gasteiger partial charge on any atom is 0.321 e. The lowest BCUT2D eigenvalue weighted by Crippen LogP contribution is -2.49. The van der Waals surface area contributed by atoms with Crippen LogP contribution in [0.3, 0.4) is 0 Å². The highest BCUT2D eigenvalue weighted by molar-refractivity contribution is 6.23. The Morgan fingerprint density at radius 1 is 0.878 bits per heavy atom. The maximum atomic E-state index is 13.5. The molecule has 3 aliphatic rings. The number of carbonyl (C=O) groups excluding carboxylic acids is 4. The third kappa shape index (κ3) is 4.97. The molecule has 0 aromatic heterocycles. The van der Waals surface area contributed by atoms with E-state index in [2.05, 4.69) is 10.2 Å². The number of benzene rings is 3. The molecule has 5 amide bonds. The smallest absolute Gasteiger partial charge is 0.321 e. The lowest BCUT2D eigenvalue weighted by atomic mass is 10.1. The van der Waals surface area contributed by atoms with E-state index in [9.17, 15) is 19.2 Å². The second-order valence-corrected chi connectivity index (χ2v) is 10.3. The van der Waals surface area contributed by atoms with E-state index in [0.717, 1.165) is 17.0 Å². The van der Waals surface area contributed by atoms with E-state index in [1.165, 1.54) is 4.90 Å². The van der Waals surface area contributed by atoms with E-state index in [0.29, 0.717) is 68.1 Å². The van der Waals surface area contributed by atoms with Crippen LogP contribution in [-0.4, -0.2) is 86.5 Å². The predicted molar refractivity (Wildman–Crippen MR) is 154 cm³/mol. The Bertz CT molecular complexity index is 1530. The number of methoxy groups -OCH3 is 1. The largest absolute Gasteiger partial charge is 0.497 e. The lowest BCUT2D eigenvalue weighted by Gasteiger charge is -2.36. The zero-order valence-electron chi connectivity index (χ0n) is 22.8. The summed E-state index contributed by atoms with van der Waals surface area (Å²) in [6, 6.07) is 20.0. The quantitative estimate of drug-likeness (QED) is 0.452. The summed E-state index contributed by atoms with van der Waals surface area (Å²) >= 11 is 0. The first-order valence-electron chi connectivity index (χ1n) is 13.8. The molecule has 10 heteroatoms. The van der Waals surface area contributed by atoms with Crippen molar-refractivity contribution in [1.29, 1.82) is 0 Å². The Hall–Kier alpha value is -4.86. The Labute approximate surface area is 238 Å². The third-order valence-electron chi connectivity index (χ3n) is 7.90. The van der Waals surface area contributed by atoms with Gasteiger partial charge >= 0.3 is 6.03 Å². The van der Waals surface area contributed by atoms with Crippen LogP contribution in [0.5, 0.6) is 5.75 Å². The van der Waals surface area contributed by atoms with Crippen LogP contribution in [0, 0.1) is 0 Å². The second-order valence-electron chi connectivity index (χ2n) is 10.3. The average Bonchev–Trinajstić information content (AvgIpc) is 3.55. The molecule has 3 aromatic rings. The number of imide groups is 1. The van der Waals surface area contributed by atoms with Crippen LogP contribution in [0.1, 0.15) is 36.6 Å². The number of amides is 5. The molecule has 0 bridgehead atoms. The maximum absolute atomic E-state index is 13.5. The number of hydrogen-bond donors (Lipinski definition) is 1. The van der Waals surface area contributed by atoms with Crippen molar-refractivity contribution < 1.29 is 23.9 Å². The molecule has 0 saturated carbocycles. The molecule has 3 aromatic carbocycles. The van der Waals surface area contributed by atoms with Crippen LogP contribution in [0.25, 0.3) is 0 Å². The fraction of sp³-hybridized carbons (Fsp3) is 0.290. The highest BCUT2D eigenvalue weighted by Gasteiger charge is 2.38. The molecule has 41 heavy (non-hydrogen) atoms. The van der Waals surface area contributed by atoms with Gasteiger partial charge in [-0.25, -0.2) is 4.79 Å². The molecule has 0 radical (unpaired) electrons. The summed E-state index contributed by atoms with van der Waals surface area (Å²) in [5.74, 6) is 0.0655. The van der Waals surface area contributed by atoms with Gasteiger partial charge in [0, 0.05) is 57.1 Å². The molecule has 0 atom stereocenters. The van der Waals surface area contributed by atoms with Gasteiger partial charge in [0.15, 0.2) is 0 Å². The molecule has 0 aliphatic carbocycles. The number of nitrogens with one attached hydrogen (secondary N) is 1. The fourth-order valence-electron chi connectivity index (χ4n) is 5.71. The molecule has 6 rings (SSSR count). The monoisotopic (exact) mass is 553 g/mol. The van der Waals surface area contributed by atoms with Gasteiger partial charge in [0.2, 0.25) is 0 Å². The Morgan fingerprint density at radius 3 is 2.41 bits per heavy atom. The molecule has 1 N–H and O–H groups in total. The molecule has 2 saturated heterocycles. The molecule has 10 nitrogen and oxygen atoms in total. The second kappa shape index (κ2) is 11.0. The van der Waals surface area contributed by atoms with Gasteiger partial charge in [0.25, 0.3) is 17.7 Å². The van der Waals surface area contributed by atoms with Gasteiger partial charge in [-0.2, -0.15) is 0 Å². The van der Waals surface area contributed by atoms with Crippen molar-refractivity contribution in [2.24, 2.45) is 0 Å². The number of urea groups is 1. The molecule has 210 valence electrons. The molecule has 2 fully saturated rings. The number of rotatable bonds is 7. The fourth-order valence-corrected chi connectivity index (χ4v) is 5.71. The van der Waals surface area contributed by atoms with E-state index >= 15 is 0 Å². The zero-order valence-corrected chi connectivity index (χ0v) is 22.8. The topological polar surface area (TPSA) is 102 Å². The summed E-state index contributed by atoms with van der Waals surface area (Å²) in [4.78, 5) is 58.9. The first-order chi connectivity index (χ1) is 19.9. The standard InChI is InChI=1S/C31H31N5O5/c1-41-24-8-2-5-21(19-24)11-13-36-29(38)25-9-4-10-26(27(25)30(36)39)33-15-17-34(18-16-33)28(37)22-6-3-7-23(20-22)35-14-12-32-31(35)40/h2-10,19-20H,11-18H2,1H3,(H,32,40). The molecule has 0 spiro atoms. The first kappa shape index (κ1) is 26.4. The highest BCUT2D eigenvalue weighted by Crippen LogP contribution is 2.33. The van der Waals surface area contributed by atoms with Crippen LogP contribution >= 0.6 is 0 Å². The Balaban J connectivity index is 1.13. The average molecular weight is 554 g/mol. The Kier molecular flexibility index (Phi) is 7.05. The van der Waals surface area contributed by atoms with Crippen molar-refractivity contribution in [3.8, 4) is 5.75 Å². The van der Waals surface area contributed by atoms with Crippen molar-refractivity contribution in [3.63, 3.8) is 0 Å². The van der Waals surface area contributed by atoms with E-state index in [-0.39, 0.29) is 30.3 Å². The van der Waals surface area contributed by atoms with E-state index in [1.54, 1.807) is 41.2 Å². The normalized spacial score (nSPS) is 16.8. The summed E-state index contributed by atoms with van der Waals surface area (Å²) in [6.45, 7) is 3.42. The summed E-state index contributed by atoms with van der Waals surface area (Å²) in [5.41, 5.74) is 3.78. The minimum Gasteiger partial charge on any atom is -0.497 e. The molecular weight excluding hydrogens is 522 g/mol. The minimum absolute atomic E-state index is 0.0978. The lowest BCUT2D eigenvalue weighted by molar-refractivity contribution is 0.0654. The molecular formula is C31H31N5O5. The van der Waals surface area contributed by atoms with Crippen molar-refractivity contribution >= 4 is 35.1 Å². The van der Waals surface area contributed by atoms with Crippen LogP contribution < -0.4 is 19.9 Å². The van der Waals surface area contributed by atoms with Crippen LogP contribution in [-0.2, 0) is 6.42 Å². The molecule has 0 unspecified atom stereocenters. The van der Waals surface area contributed by atoms with E-state index in [4.69, 9.17) is 4.74 Å². The number of ether oxygens (including phenoxy) is 1. The number of carbonyl (C=O) groups is 4. The van der Waals surface area contributed by atoms with Crippen molar-refractivity contribution in [2.75, 3.05) is 62.7 Å². The van der Waals surface area contributed by atoms with E-state index in [1.807, 2.05) is 42.5 Å². The van der Waals surface area contributed by atoms with Gasteiger partial charge in [-0.3, -0.25) is 24.2 Å². The van der Waals surface area contributed by atoms with Gasteiger partial charge in [-0.05, 0) is 54.4 Å². The molecule has 3 heterocycles. The van der Waals surface area contributed by atoms with Gasteiger partial charge in [-0.1, -0.05) is 24.3 Å². The van der Waals surface area contributed by atoms with Crippen LogP contribution in [0.2, 0.25) is 0 Å². The number of fused-ring (bicyclic) bond motifs is 1. The van der Waals surface area contributed by atoms with Crippen LogP contribution in [0.15, 0.2) is 66.7 Å². The summed E-state index contributed by atoms with van der Waals surface area (Å²) in [7, 11) is 1.61. The summed E-state index contributed by atoms with van der Waals surface area (Å²) in [5, 5.41) is 2.78. The first-order valence-corrected chi connectivity index (χ1v) is 13.8. The van der Waals surface area contributed by atoms with E-state index < -0.39 is 0 Å². The van der Waals surface area contributed by atoms with Crippen LogP contribution in [0.4, 0.5) is 16.2 Å². The van der Waals surface area contributed by atoms with Gasteiger partial charge in [0.1, 0.15) is 5.75 Å². The number of anilines is 2. The van der Waals surface area contributed by atoms with Crippen molar-refractivity contribution in [1.82, 2.24) is 15.1 Å². The van der Waals surface area contributed by atoms with Gasteiger partial charge < -0.3 is 19.9 Å². The minimum atomic E-state index is -0.287. The van der Waals surface area contributed by atoms with Crippen molar-refractivity contribution in [3.05, 3.63) is 89.0 Å². The van der Waals surface area contributed by atoms with Crippen molar-refractivity contribution in [2.45, 2.75) is 6.42 Å². The molecule has 3 aliphatic heterocycles. The highest BCUT2D eigenvalue weighted by atomic mass is 16.5. The number of piperazine rings is 1. The predicted octanol–water partition coefficient (Wildman–Crippen LogP) is 3.03. The summed E-state index contributed by atoms with van der Waals surface area (Å²) < 4.78 is 5.29. The number of nitrogens with zero attached hydrogens (tertiary/aromatic N) is 4.